The summed E-state index contributed by atoms with van der Waals surface area (Å²) in [5, 5.41) is 4.57. The molecule has 0 saturated carbocycles. The molecule has 3 rings (SSSR count). The molecule has 21 heavy (non-hydrogen) atoms. The maximum atomic E-state index is 6.24. The summed E-state index contributed by atoms with van der Waals surface area (Å²) in [6.45, 7) is 0. The maximum Gasteiger partial charge on any atom is 0.130 e. The molecule has 0 atom stereocenters. The van der Waals surface area contributed by atoms with Gasteiger partial charge in [-0.05, 0) is 6.07 Å². The zero-order valence-corrected chi connectivity index (χ0v) is 12.1. The Balaban J connectivity index is 2.28. The lowest BCUT2D eigenvalue weighted by atomic mass is 10.00. The zero-order chi connectivity index (χ0) is 14.8. The van der Waals surface area contributed by atoms with Gasteiger partial charge in [0, 0.05) is 18.2 Å². The van der Waals surface area contributed by atoms with Gasteiger partial charge in [0.2, 0.25) is 0 Å². The number of aryl methyl sites for hydroxylation is 1. The summed E-state index contributed by atoms with van der Waals surface area (Å²) in [6, 6.07) is 17.9. The van der Waals surface area contributed by atoms with E-state index in [2.05, 4.69) is 5.10 Å². The number of rotatable bonds is 3. The Bertz CT molecular complexity index is 763. The van der Waals surface area contributed by atoms with Crippen molar-refractivity contribution in [3.8, 4) is 28.1 Å². The van der Waals surface area contributed by atoms with Crippen molar-refractivity contribution in [2.45, 2.75) is 0 Å². The van der Waals surface area contributed by atoms with E-state index in [0.29, 0.717) is 5.82 Å². The Morgan fingerprint density at radius 1 is 1.00 bits per heavy atom. The Morgan fingerprint density at radius 3 is 2.38 bits per heavy atom. The van der Waals surface area contributed by atoms with Crippen molar-refractivity contribution in [1.29, 1.82) is 0 Å². The lowest BCUT2D eigenvalue weighted by Crippen LogP contribution is -1.98. The zero-order valence-electron chi connectivity index (χ0n) is 12.1. The highest BCUT2D eigenvalue weighted by molar-refractivity contribution is 5.90. The van der Waals surface area contributed by atoms with Crippen molar-refractivity contribution < 1.29 is 4.74 Å². The van der Waals surface area contributed by atoms with E-state index in [9.17, 15) is 0 Å². The second kappa shape index (κ2) is 5.32. The Labute approximate surface area is 123 Å². The molecule has 1 aromatic heterocycles. The first-order valence-electron chi connectivity index (χ1n) is 6.73. The molecule has 2 N–H and O–H groups in total. The van der Waals surface area contributed by atoms with Crippen molar-refractivity contribution >= 4 is 5.82 Å². The number of ether oxygens (including phenoxy) is 1. The number of hydrogen-bond acceptors (Lipinski definition) is 3. The van der Waals surface area contributed by atoms with Crippen LogP contribution in [-0.4, -0.2) is 16.9 Å². The quantitative estimate of drug-likeness (QED) is 0.800. The predicted molar refractivity (Wildman–Crippen MR) is 85.0 cm³/mol. The molecule has 0 amide bonds. The number of nitrogens with two attached hydrogens (primary N) is 1. The molecule has 4 heteroatoms. The van der Waals surface area contributed by atoms with Crippen LogP contribution in [0.25, 0.3) is 22.4 Å². The molecule has 0 aliphatic heterocycles. The van der Waals surface area contributed by atoms with Gasteiger partial charge in [0.25, 0.3) is 0 Å². The number of anilines is 1. The minimum Gasteiger partial charge on any atom is -0.496 e. The molecular formula is C17H17N3O. The van der Waals surface area contributed by atoms with Crippen LogP contribution >= 0.6 is 0 Å². The van der Waals surface area contributed by atoms with Crippen LogP contribution in [0.15, 0.2) is 54.6 Å². The summed E-state index contributed by atoms with van der Waals surface area (Å²) >= 11 is 0. The molecule has 0 aliphatic rings. The summed E-state index contributed by atoms with van der Waals surface area (Å²) in [7, 11) is 3.51. The smallest absolute Gasteiger partial charge is 0.130 e. The van der Waals surface area contributed by atoms with Crippen molar-refractivity contribution in [1.82, 2.24) is 9.78 Å². The number of hydrogen-bond donors (Lipinski definition) is 1. The van der Waals surface area contributed by atoms with E-state index < -0.39 is 0 Å². The molecule has 3 aromatic rings. The third-order valence-electron chi connectivity index (χ3n) is 3.52. The van der Waals surface area contributed by atoms with Gasteiger partial charge in [-0.3, -0.25) is 4.68 Å². The van der Waals surface area contributed by atoms with Crippen molar-refractivity contribution in [2.75, 3.05) is 12.8 Å². The molecule has 1 heterocycles. The van der Waals surface area contributed by atoms with Gasteiger partial charge < -0.3 is 10.5 Å². The SMILES string of the molecule is COc1ccccc1-c1c(-c2ccccc2)nn(C)c1N. The van der Waals surface area contributed by atoms with Crippen LogP contribution in [0.2, 0.25) is 0 Å². The molecule has 0 bridgehead atoms. The van der Waals surface area contributed by atoms with Gasteiger partial charge in [0.05, 0.1) is 12.7 Å². The van der Waals surface area contributed by atoms with E-state index in [-0.39, 0.29) is 0 Å². The van der Waals surface area contributed by atoms with Crippen LogP contribution in [-0.2, 0) is 7.05 Å². The van der Waals surface area contributed by atoms with E-state index >= 15 is 0 Å². The van der Waals surface area contributed by atoms with E-state index in [1.165, 1.54) is 0 Å². The van der Waals surface area contributed by atoms with E-state index in [1.54, 1.807) is 11.8 Å². The number of nitrogens with zero attached hydrogens (tertiary/aromatic N) is 2. The fraction of sp³-hybridized carbons (Fsp3) is 0.118. The largest absolute Gasteiger partial charge is 0.496 e. The normalized spacial score (nSPS) is 10.6. The van der Waals surface area contributed by atoms with Gasteiger partial charge in [0.15, 0.2) is 0 Å². The minimum absolute atomic E-state index is 0.623. The van der Waals surface area contributed by atoms with Crippen molar-refractivity contribution in [2.24, 2.45) is 7.05 Å². The van der Waals surface area contributed by atoms with Gasteiger partial charge in [-0.15, -0.1) is 0 Å². The summed E-state index contributed by atoms with van der Waals surface area (Å²) < 4.78 is 7.16. The lowest BCUT2D eigenvalue weighted by molar-refractivity contribution is 0.416. The monoisotopic (exact) mass is 279 g/mol. The summed E-state index contributed by atoms with van der Waals surface area (Å²) in [4.78, 5) is 0. The number of benzene rings is 2. The molecule has 2 aromatic carbocycles. The second-order valence-electron chi connectivity index (χ2n) is 4.80. The third kappa shape index (κ3) is 2.25. The summed E-state index contributed by atoms with van der Waals surface area (Å²) in [6.07, 6.45) is 0. The van der Waals surface area contributed by atoms with Crippen LogP contribution in [0.1, 0.15) is 0 Å². The Hall–Kier alpha value is -2.75. The highest BCUT2D eigenvalue weighted by Crippen LogP contribution is 2.40. The topological polar surface area (TPSA) is 53.1 Å². The highest BCUT2D eigenvalue weighted by Gasteiger charge is 2.19. The number of aromatic nitrogens is 2. The van der Waals surface area contributed by atoms with Crippen LogP contribution < -0.4 is 10.5 Å². The fourth-order valence-corrected chi connectivity index (χ4v) is 2.45. The van der Waals surface area contributed by atoms with Crippen LogP contribution in [0.4, 0.5) is 5.82 Å². The molecule has 4 nitrogen and oxygen atoms in total. The first-order valence-corrected chi connectivity index (χ1v) is 6.73. The molecule has 0 saturated heterocycles. The number of nitrogen functional groups attached to an aromatic ring is 1. The first kappa shape index (κ1) is 13.2. The minimum atomic E-state index is 0.623. The predicted octanol–water partition coefficient (Wildman–Crippen LogP) is 3.34. The van der Waals surface area contributed by atoms with Crippen LogP contribution in [0.5, 0.6) is 5.75 Å². The van der Waals surface area contributed by atoms with Crippen LogP contribution in [0.3, 0.4) is 0 Å². The summed E-state index contributed by atoms with van der Waals surface area (Å²) in [5.74, 6) is 1.41. The number of methoxy groups -OCH3 is 1. The van der Waals surface area contributed by atoms with Gasteiger partial charge >= 0.3 is 0 Å². The molecule has 0 unspecified atom stereocenters. The summed E-state index contributed by atoms with van der Waals surface area (Å²) in [5.41, 5.74) is 9.99. The lowest BCUT2D eigenvalue weighted by Gasteiger charge is -2.09. The number of para-hydroxylation sites is 1. The first-order chi connectivity index (χ1) is 10.2. The Kier molecular flexibility index (Phi) is 3.36. The van der Waals surface area contributed by atoms with E-state index in [1.807, 2.05) is 61.6 Å². The van der Waals surface area contributed by atoms with Gasteiger partial charge in [0.1, 0.15) is 17.3 Å². The average molecular weight is 279 g/mol. The van der Waals surface area contributed by atoms with Crippen molar-refractivity contribution in [3.05, 3.63) is 54.6 Å². The second-order valence-corrected chi connectivity index (χ2v) is 4.80. The van der Waals surface area contributed by atoms with E-state index in [4.69, 9.17) is 10.5 Å². The Morgan fingerprint density at radius 2 is 1.67 bits per heavy atom. The van der Waals surface area contributed by atoms with Crippen LogP contribution in [0, 0.1) is 0 Å². The maximum absolute atomic E-state index is 6.24. The van der Waals surface area contributed by atoms with Gasteiger partial charge in [-0.1, -0.05) is 48.5 Å². The van der Waals surface area contributed by atoms with E-state index in [0.717, 1.165) is 28.1 Å². The third-order valence-corrected chi connectivity index (χ3v) is 3.52. The van der Waals surface area contributed by atoms with Gasteiger partial charge in [-0.25, -0.2) is 0 Å². The highest BCUT2D eigenvalue weighted by atomic mass is 16.5. The van der Waals surface area contributed by atoms with Crippen molar-refractivity contribution in [3.63, 3.8) is 0 Å². The van der Waals surface area contributed by atoms with Gasteiger partial charge in [-0.2, -0.15) is 5.10 Å². The fourth-order valence-electron chi connectivity index (χ4n) is 2.45. The molecule has 0 radical (unpaired) electrons. The molecule has 0 aliphatic carbocycles. The molecular weight excluding hydrogens is 262 g/mol. The molecule has 0 fully saturated rings. The molecule has 0 spiro atoms. The standard InChI is InChI=1S/C17H17N3O/c1-20-17(18)15(13-10-6-7-11-14(13)21-2)16(19-20)12-8-4-3-5-9-12/h3-11H,18H2,1-2H3. The molecule has 106 valence electrons. The average Bonchev–Trinajstić information content (AvgIpc) is 2.83.